The molecule has 1 aliphatic rings. The standard InChI is InChI=1S/C18H38N2O/c1-5-17(6-2)20(13-14-21-4)16-18(15-19-7-3)11-9-8-10-12-18/h17,19H,5-16H2,1-4H3. The van der Waals surface area contributed by atoms with Crippen molar-refractivity contribution in [2.24, 2.45) is 5.41 Å². The number of rotatable bonds is 11. The molecule has 21 heavy (non-hydrogen) atoms. The molecule has 126 valence electrons. The summed E-state index contributed by atoms with van der Waals surface area (Å²) in [7, 11) is 1.82. The van der Waals surface area contributed by atoms with Crippen molar-refractivity contribution in [3.05, 3.63) is 0 Å². The fourth-order valence-electron chi connectivity index (χ4n) is 3.92. The van der Waals surface area contributed by atoms with Crippen LogP contribution in [0.4, 0.5) is 0 Å². The molecule has 0 aromatic carbocycles. The van der Waals surface area contributed by atoms with Gasteiger partial charge in [-0.3, -0.25) is 4.90 Å². The average Bonchev–Trinajstić information content (AvgIpc) is 2.52. The summed E-state index contributed by atoms with van der Waals surface area (Å²) in [6.45, 7) is 12.3. The van der Waals surface area contributed by atoms with E-state index in [1.807, 2.05) is 7.11 Å². The van der Waals surface area contributed by atoms with Crippen LogP contribution in [0.3, 0.4) is 0 Å². The van der Waals surface area contributed by atoms with Crippen molar-refractivity contribution < 1.29 is 4.74 Å². The number of nitrogens with zero attached hydrogens (tertiary/aromatic N) is 1. The lowest BCUT2D eigenvalue weighted by Gasteiger charge is -2.44. The quantitative estimate of drug-likeness (QED) is 0.630. The zero-order valence-corrected chi connectivity index (χ0v) is 14.9. The van der Waals surface area contributed by atoms with Crippen LogP contribution in [0.2, 0.25) is 0 Å². The Hall–Kier alpha value is -0.120. The minimum absolute atomic E-state index is 0.491. The molecule has 1 fully saturated rings. The molecule has 0 atom stereocenters. The van der Waals surface area contributed by atoms with Crippen LogP contribution in [0.5, 0.6) is 0 Å². The molecule has 0 saturated heterocycles. The fourth-order valence-corrected chi connectivity index (χ4v) is 3.92. The first kappa shape index (κ1) is 18.9. The van der Waals surface area contributed by atoms with Gasteiger partial charge in [-0.2, -0.15) is 0 Å². The lowest BCUT2D eigenvalue weighted by atomic mass is 9.73. The summed E-state index contributed by atoms with van der Waals surface area (Å²) < 4.78 is 5.36. The first-order valence-corrected chi connectivity index (χ1v) is 9.15. The van der Waals surface area contributed by atoms with Crippen LogP contribution in [0.1, 0.15) is 65.7 Å². The first-order valence-electron chi connectivity index (χ1n) is 9.15. The summed E-state index contributed by atoms with van der Waals surface area (Å²) in [4.78, 5) is 2.71. The molecule has 0 aromatic heterocycles. The predicted molar refractivity (Wildman–Crippen MR) is 91.9 cm³/mol. The zero-order chi connectivity index (χ0) is 15.6. The molecule has 0 radical (unpaired) electrons. The van der Waals surface area contributed by atoms with Crippen LogP contribution in [0.15, 0.2) is 0 Å². The molecule has 0 bridgehead atoms. The number of methoxy groups -OCH3 is 1. The van der Waals surface area contributed by atoms with Crippen LogP contribution in [0.25, 0.3) is 0 Å². The van der Waals surface area contributed by atoms with E-state index < -0.39 is 0 Å². The van der Waals surface area contributed by atoms with E-state index in [9.17, 15) is 0 Å². The summed E-state index contributed by atoms with van der Waals surface area (Å²) in [5, 5.41) is 3.64. The monoisotopic (exact) mass is 298 g/mol. The van der Waals surface area contributed by atoms with E-state index in [4.69, 9.17) is 4.74 Å². The molecular formula is C18H38N2O. The van der Waals surface area contributed by atoms with E-state index in [0.717, 1.165) is 19.7 Å². The van der Waals surface area contributed by atoms with E-state index in [2.05, 4.69) is 31.0 Å². The van der Waals surface area contributed by atoms with Gasteiger partial charge >= 0.3 is 0 Å². The van der Waals surface area contributed by atoms with Crippen LogP contribution in [-0.4, -0.2) is 50.8 Å². The van der Waals surface area contributed by atoms with Gasteiger partial charge in [-0.05, 0) is 37.6 Å². The van der Waals surface area contributed by atoms with Crippen molar-refractivity contribution in [1.82, 2.24) is 10.2 Å². The minimum atomic E-state index is 0.491. The summed E-state index contributed by atoms with van der Waals surface area (Å²) in [6.07, 6.45) is 9.53. The van der Waals surface area contributed by atoms with Crippen molar-refractivity contribution in [3.63, 3.8) is 0 Å². The van der Waals surface area contributed by atoms with Gasteiger partial charge in [0.15, 0.2) is 0 Å². The fraction of sp³-hybridized carbons (Fsp3) is 1.00. The maximum Gasteiger partial charge on any atom is 0.0589 e. The average molecular weight is 299 g/mol. The molecule has 0 amide bonds. The Morgan fingerprint density at radius 1 is 1.10 bits per heavy atom. The SMILES string of the molecule is CCNCC1(CN(CCOC)C(CC)CC)CCCCC1. The highest BCUT2D eigenvalue weighted by Crippen LogP contribution is 2.37. The van der Waals surface area contributed by atoms with Crippen LogP contribution in [0, 0.1) is 5.41 Å². The maximum absolute atomic E-state index is 5.36. The highest BCUT2D eigenvalue weighted by Gasteiger charge is 2.34. The van der Waals surface area contributed by atoms with Crippen LogP contribution < -0.4 is 5.32 Å². The van der Waals surface area contributed by atoms with Crippen LogP contribution >= 0.6 is 0 Å². The summed E-state index contributed by atoms with van der Waals surface area (Å²) >= 11 is 0. The summed E-state index contributed by atoms with van der Waals surface area (Å²) in [5.41, 5.74) is 0.491. The van der Waals surface area contributed by atoms with Crippen molar-refractivity contribution in [2.75, 3.05) is 39.9 Å². The number of hydrogen-bond donors (Lipinski definition) is 1. The molecule has 1 saturated carbocycles. The first-order chi connectivity index (χ1) is 10.2. The van der Waals surface area contributed by atoms with E-state index in [1.165, 1.54) is 58.0 Å². The zero-order valence-electron chi connectivity index (χ0n) is 14.9. The Kier molecular flexibility index (Phi) is 9.54. The number of ether oxygens (including phenoxy) is 1. The van der Waals surface area contributed by atoms with Gasteiger partial charge in [0, 0.05) is 32.8 Å². The van der Waals surface area contributed by atoms with Crippen molar-refractivity contribution >= 4 is 0 Å². The van der Waals surface area contributed by atoms with Gasteiger partial charge in [0.2, 0.25) is 0 Å². The molecule has 0 aliphatic heterocycles. The summed E-state index contributed by atoms with van der Waals surface area (Å²) in [6, 6.07) is 0.709. The lowest BCUT2D eigenvalue weighted by molar-refractivity contribution is 0.0502. The molecule has 0 unspecified atom stereocenters. The largest absolute Gasteiger partial charge is 0.383 e. The number of nitrogens with one attached hydrogen (secondary N) is 1. The minimum Gasteiger partial charge on any atom is -0.383 e. The number of hydrogen-bond acceptors (Lipinski definition) is 3. The van der Waals surface area contributed by atoms with Gasteiger partial charge in [0.25, 0.3) is 0 Å². The van der Waals surface area contributed by atoms with E-state index in [0.29, 0.717) is 11.5 Å². The molecule has 1 aliphatic carbocycles. The van der Waals surface area contributed by atoms with E-state index >= 15 is 0 Å². The van der Waals surface area contributed by atoms with Gasteiger partial charge in [0.05, 0.1) is 6.61 Å². The highest BCUT2D eigenvalue weighted by atomic mass is 16.5. The molecule has 0 heterocycles. The molecule has 3 nitrogen and oxygen atoms in total. The Labute approximate surface area is 132 Å². The topological polar surface area (TPSA) is 24.5 Å². The van der Waals surface area contributed by atoms with Gasteiger partial charge < -0.3 is 10.1 Å². The lowest BCUT2D eigenvalue weighted by Crippen LogP contribution is -2.49. The second kappa shape index (κ2) is 10.6. The van der Waals surface area contributed by atoms with Crippen molar-refractivity contribution in [2.45, 2.75) is 71.8 Å². The molecule has 1 N–H and O–H groups in total. The molecule has 3 heteroatoms. The highest BCUT2D eigenvalue weighted by molar-refractivity contribution is 4.89. The summed E-state index contributed by atoms with van der Waals surface area (Å²) in [5.74, 6) is 0. The predicted octanol–water partition coefficient (Wildman–Crippen LogP) is 3.68. The van der Waals surface area contributed by atoms with E-state index in [1.54, 1.807) is 0 Å². The van der Waals surface area contributed by atoms with Gasteiger partial charge in [0.1, 0.15) is 0 Å². The third-order valence-electron chi connectivity index (χ3n) is 5.24. The molecule has 0 aromatic rings. The van der Waals surface area contributed by atoms with Gasteiger partial charge in [-0.1, -0.05) is 40.0 Å². The third kappa shape index (κ3) is 6.25. The second-order valence-electron chi connectivity index (χ2n) is 6.77. The maximum atomic E-state index is 5.36. The second-order valence-corrected chi connectivity index (χ2v) is 6.77. The van der Waals surface area contributed by atoms with Crippen molar-refractivity contribution in [3.8, 4) is 0 Å². The van der Waals surface area contributed by atoms with E-state index in [-0.39, 0.29) is 0 Å². The van der Waals surface area contributed by atoms with Gasteiger partial charge in [-0.15, -0.1) is 0 Å². The Bertz CT molecular complexity index is 248. The third-order valence-corrected chi connectivity index (χ3v) is 5.24. The smallest absolute Gasteiger partial charge is 0.0589 e. The molecular weight excluding hydrogens is 260 g/mol. The Balaban J connectivity index is 2.73. The van der Waals surface area contributed by atoms with Gasteiger partial charge in [-0.25, -0.2) is 0 Å². The molecule has 0 spiro atoms. The Morgan fingerprint density at radius 2 is 1.76 bits per heavy atom. The molecule has 1 rings (SSSR count). The van der Waals surface area contributed by atoms with Crippen molar-refractivity contribution in [1.29, 1.82) is 0 Å². The normalized spacial score (nSPS) is 18.6. The van der Waals surface area contributed by atoms with Crippen LogP contribution in [-0.2, 0) is 4.74 Å². The Morgan fingerprint density at radius 3 is 2.29 bits per heavy atom.